The molecule has 3 rings (SSSR count). The van der Waals surface area contributed by atoms with Crippen molar-refractivity contribution in [1.29, 1.82) is 0 Å². The molecular weight excluding hydrogens is 400 g/mol. The fraction of sp³-hybridized carbons (Fsp3) is 0.318. The van der Waals surface area contributed by atoms with Crippen molar-refractivity contribution in [2.45, 2.75) is 20.4 Å². The average molecular weight is 427 g/mol. The van der Waals surface area contributed by atoms with E-state index in [0.29, 0.717) is 30.4 Å². The summed E-state index contributed by atoms with van der Waals surface area (Å²) in [6, 6.07) is 15.4. The normalized spacial score (nSPS) is 10.6. The second-order valence-corrected chi connectivity index (χ2v) is 7.26. The van der Waals surface area contributed by atoms with E-state index in [9.17, 15) is 4.79 Å². The number of aromatic nitrogens is 3. The van der Waals surface area contributed by atoms with Crippen LogP contribution >= 0.6 is 12.2 Å². The van der Waals surface area contributed by atoms with E-state index in [1.165, 1.54) is 0 Å². The van der Waals surface area contributed by atoms with E-state index >= 15 is 0 Å². The molecule has 1 amide bonds. The van der Waals surface area contributed by atoms with Gasteiger partial charge in [-0.2, -0.15) is 5.10 Å². The molecule has 0 radical (unpaired) electrons. The number of likely N-dealkylation sites (N-methyl/N-ethyl adjacent to an activating group) is 1. The summed E-state index contributed by atoms with van der Waals surface area (Å²) in [5.74, 6) is 2.12. The van der Waals surface area contributed by atoms with Gasteiger partial charge in [-0.1, -0.05) is 12.1 Å². The van der Waals surface area contributed by atoms with Crippen LogP contribution in [0, 0.1) is 11.7 Å². The Morgan fingerprint density at radius 1 is 1.17 bits per heavy atom. The third-order valence-corrected chi connectivity index (χ3v) is 4.90. The molecule has 0 saturated heterocycles. The Morgan fingerprint density at radius 3 is 2.63 bits per heavy atom. The lowest BCUT2D eigenvalue weighted by atomic mass is 10.2. The highest BCUT2D eigenvalue weighted by Crippen LogP contribution is 2.21. The zero-order valence-electron chi connectivity index (χ0n) is 17.4. The van der Waals surface area contributed by atoms with E-state index in [1.807, 2.05) is 62.4 Å². The van der Waals surface area contributed by atoms with Crippen LogP contribution in [0.3, 0.4) is 0 Å². The van der Waals surface area contributed by atoms with Crippen LogP contribution in [-0.4, -0.2) is 52.4 Å². The van der Waals surface area contributed by atoms with E-state index in [2.05, 4.69) is 10.2 Å². The monoisotopic (exact) mass is 426 g/mol. The first-order chi connectivity index (χ1) is 14.5. The highest BCUT2D eigenvalue weighted by Gasteiger charge is 2.15. The highest BCUT2D eigenvalue weighted by molar-refractivity contribution is 7.71. The molecule has 0 bridgehead atoms. The predicted molar refractivity (Wildman–Crippen MR) is 118 cm³/mol. The van der Waals surface area contributed by atoms with Crippen molar-refractivity contribution in [3.8, 4) is 22.9 Å². The van der Waals surface area contributed by atoms with Gasteiger partial charge in [0.05, 0.1) is 13.2 Å². The van der Waals surface area contributed by atoms with Crippen molar-refractivity contribution in [2.75, 3.05) is 26.8 Å². The highest BCUT2D eigenvalue weighted by atomic mass is 32.1. The van der Waals surface area contributed by atoms with E-state index in [1.54, 1.807) is 16.5 Å². The number of nitrogens with zero attached hydrogens (tertiary/aromatic N) is 3. The molecule has 0 aliphatic rings. The molecule has 0 aliphatic heterocycles. The van der Waals surface area contributed by atoms with Crippen molar-refractivity contribution < 1.29 is 14.3 Å². The number of hydrogen-bond acceptors (Lipinski definition) is 5. The molecule has 2 aromatic carbocycles. The van der Waals surface area contributed by atoms with E-state index < -0.39 is 0 Å². The van der Waals surface area contributed by atoms with Gasteiger partial charge >= 0.3 is 0 Å². The number of benzene rings is 2. The number of aromatic amines is 1. The predicted octanol–water partition coefficient (Wildman–Crippen LogP) is 3.85. The standard InChI is InChI=1S/C22H26N4O3S/c1-4-28-18-10-8-17(9-11-18)21-23-24-22(30)26(21)15-20(27)25(3)12-13-29-19-7-5-6-16(2)14-19/h5-11,14H,4,12-13,15H2,1-3H3,(H,24,30). The Morgan fingerprint density at radius 2 is 1.93 bits per heavy atom. The van der Waals surface area contributed by atoms with Crippen LogP contribution < -0.4 is 9.47 Å². The van der Waals surface area contributed by atoms with Crippen LogP contribution in [0.4, 0.5) is 0 Å². The Bertz CT molecular complexity index is 1040. The average Bonchev–Trinajstić information content (AvgIpc) is 3.09. The maximum absolute atomic E-state index is 12.7. The van der Waals surface area contributed by atoms with Crippen LogP contribution in [0.2, 0.25) is 0 Å². The molecule has 0 spiro atoms. The van der Waals surface area contributed by atoms with Crippen LogP contribution in [0.5, 0.6) is 11.5 Å². The summed E-state index contributed by atoms with van der Waals surface area (Å²) >= 11 is 5.33. The molecule has 0 fully saturated rings. The fourth-order valence-electron chi connectivity index (χ4n) is 2.94. The van der Waals surface area contributed by atoms with Gasteiger partial charge in [-0.3, -0.25) is 14.5 Å². The van der Waals surface area contributed by atoms with Crippen molar-refractivity contribution in [3.05, 3.63) is 58.9 Å². The molecule has 0 saturated carbocycles. The first kappa shape index (κ1) is 21.6. The van der Waals surface area contributed by atoms with E-state index in [4.69, 9.17) is 21.7 Å². The van der Waals surface area contributed by atoms with Crippen LogP contribution in [0.25, 0.3) is 11.4 Å². The fourth-order valence-corrected chi connectivity index (χ4v) is 3.13. The first-order valence-electron chi connectivity index (χ1n) is 9.79. The Hall–Kier alpha value is -3.13. The number of hydrogen-bond donors (Lipinski definition) is 1. The molecule has 30 heavy (non-hydrogen) atoms. The number of ether oxygens (including phenoxy) is 2. The number of amides is 1. The molecule has 8 heteroatoms. The van der Waals surface area contributed by atoms with Gasteiger partial charge in [-0.05, 0) is 68.0 Å². The summed E-state index contributed by atoms with van der Waals surface area (Å²) in [6.45, 7) is 5.53. The van der Waals surface area contributed by atoms with Gasteiger partial charge < -0.3 is 14.4 Å². The molecule has 158 valence electrons. The zero-order valence-corrected chi connectivity index (χ0v) is 18.2. The van der Waals surface area contributed by atoms with Crippen molar-refractivity contribution >= 4 is 18.1 Å². The van der Waals surface area contributed by atoms with Gasteiger partial charge in [-0.25, -0.2) is 0 Å². The molecule has 7 nitrogen and oxygen atoms in total. The molecule has 3 aromatic rings. The van der Waals surface area contributed by atoms with Crippen molar-refractivity contribution in [3.63, 3.8) is 0 Å². The Labute approximate surface area is 181 Å². The lowest BCUT2D eigenvalue weighted by Crippen LogP contribution is -2.33. The van der Waals surface area contributed by atoms with Gasteiger partial charge in [0.2, 0.25) is 5.91 Å². The molecule has 1 aromatic heterocycles. The topological polar surface area (TPSA) is 72.4 Å². The summed E-state index contributed by atoms with van der Waals surface area (Å²) in [5.41, 5.74) is 1.98. The van der Waals surface area contributed by atoms with Crippen LogP contribution in [0.1, 0.15) is 12.5 Å². The van der Waals surface area contributed by atoms with Crippen LogP contribution in [-0.2, 0) is 11.3 Å². The third kappa shape index (κ3) is 5.48. The van der Waals surface area contributed by atoms with Gasteiger partial charge in [0.25, 0.3) is 0 Å². The Kier molecular flexibility index (Phi) is 7.24. The minimum atomic E-state index is -0.0764. The lowest BCUT2D eigenvalue weighted by Gasteiger charge is -2.18. The second kappa shape index (κ2) is 10.1. The molecule has 0 unspecified atom stereocenters. The minimum Gasteiger partial charge on any atom is -0.494 e. The van der Waals surface area contributed by atoms with Crippen LogP contribution in [0.15, 0.2) is 48.5 Å². The number of carbonyl (C=O) groups is 1. The molecule has 0 atom stereocenters. The lowest BCUT2D eigenvalue weighted by molar-refractivity contribution is -0.130. The number of aryl methyl sites for hydroxylation is 1. The maximum atomic E-state index is 12.7. The summed E-state index contributed by atoms with van der Waals surface area (Å²) < 4.78 is 13.3. The minimum absolute atomic E-state index is 0.0764. The first-order valence-corrected chi connectivity index (χ1v) is 10.2. The summed E-state index contributed by atoms with van der Waals surface area (Å²) in [5, 5.41) is 7.07. The largest absolute Gasteiger partial charge is 0.494 e. The van der Waals surface area contributed by atoms with E-state index in [-0.39, 0.29) is 12.5 Å². The van der Waals surface area contributed by atoms with Gasteiger partial charge in [0.1, 0.15) is 24.7 Å². The zero-order chi connectivity index (χ0) is 21.5. The van der Waals surface area contributed by atoms with Gasteiger partial charge in [0.15, 0.2) is 10.6 Å². The summed E-state index contributed by atoms with van der Waals surface area (Å²) in [6.07, 6.45) is 0. The summed E-state index contributed by atoms with van der Waals surface area (Å²) in [7, 11) is 1.75. The number of H-pyrrole nitrogens is 1. The maximum Gasteiger partial charge on any atom is 0.242 e. The van der Waals surface area contributed by atoms with Crippen molar-refractivity contribution in [1.82, 2.24) is 19.7 Å². The van der Waals surface area contributed by atoms with Gasteiger partial charge in [-0.15, -0.1) is 0 Å². The molecular formula is C22H26N4O3S. The molecule has 1 N–H and O–H groups in total. The Balaban J connectivity index is 1.62. The SMILES string of the molecule is CCOc1ccc(-c2n[nH]c(=S)n2CC(=O)N(C)CCOc2cccc(C)c2)cc1. The van der Waals surface area contributed by atoms with Gasteiger partial charge in [0, 0.05) is 12.6 Å². The van der Waals surface area contributed by atoms with Crippen molar-refractivity contribution in [2.24, 2.45) is 0 Å². The molecule has 0 aliphatic carbocycles. The second-order valence-electron chi connectivity index (χ2n) is 6.88. The number of carbonyl (C=O) groups excluding carboxylic acids is 1. The summed E-state index contributed by atoms with van der Waals surface area (Å²) in [4.78, 5) is 14.4. The number of rotatable bonds is 9. The third-order valence-electron chi connectivity index (χ3n) is 4.59. The molecule has 1 heterocycles. The smallest absolute Gasteiger partial charge is 0.242 e. The quantitative estimate of drug-likeness (QED) is 0.526. The number of nitrogens with one attached hydrogen (secondary N) is 1. The van der Waals surface area contributed by atoms with E-state index in [0.717, 1.165) is 22.6 Å².